The Labute approximate surface area is 117 Å². The summed E-state index contributed by atoms with van der Waals surface area (Å²) in [5, 5.41) is 8.94. The second-order valence-corrected chi connectivity index (χ2v) is 4.76. The SMILES string of the molecule is O=C(O)CCc1c(-c2ccccc2)cc2ccccn12. The normalized spacial score (nSPS) is 10.8. The smallest absolute Gasteiger partial charge is 0.303 e. The third-order valence-electron chi connectivity index (χ3n) is 3.45. The molecule has 0 spiro atoms. The van der Waals surface area contributed by atoms with E-state index in [0.29, 0.717) is 6.42 Å². The highest BCUT2D eigenvalue weighted by Crippen LogP contribution is 2.28. The number of carbonyl (C=O) groups is 1. The summed E-state index contributed by atoms with van der Waals surface area (Å²) in [4.78, 5) is 10.9. The van der Waals surface area contributed by atoms with Gasteiger partial charge in [0.25, 0.3) is 0 Å². The summed E-state index contributed by atoms with van der Waals surface area (Å²) >= 11 is 0. The number of aryl methyl sites for hydroxylation is 1. The molecule has 3 rings (SSSR count). The van der Waals surface area contributed by atoms with Crippen molar-refractivity contribution in [1.29, 1.82) is 0 Å². The highest BCUT2D eigenvalue weighted by atomic mass is 16.4. The van der Waals surface area contributed by atoms with Gasteiger partial charge in [0.05, 0.1) is 6.42 Å². The molecule has 0 amide bonds. The van der Waals surface area contributed by atoms with E-state index < -0.39 is 5.97 Å². The molecular weight excluding hydrogens is 250 g/mol. The molecule has 0 radical (unpaired) electrons. The number of carboxylic acid groups (broad SMARTS) is 1. The molecule has 100 valence electrons. The van der Waals surface area contributed by atoms with E-state index in [-0.39, 0.29) is 6.42 Å². The van der Waals surface area contributed by atoms with Gasteiger partial charge in [0.1, 0.15) is 0 Å². The Kier molecular flexibility index (Phi) is 3.25. The molecule has 3 nitrogen and oxygen atoms in total. The van der Waals surface area contributed by atoms with Crippen LogP contribution in [0.25, 0.3) is 16.6 Å². The molecule has 0 unspecified atom stereocenters. The number of aromatic nitrogens is 1. The lowest BCUT2D eigenvalue weighted by molar-refractivity contribution is -0.136. The van der Waals surface area contributed by atoms with E-state index in [4.69, 9.17) is 5.11 Å². The number of carboxylic acids is 1. The van der Waals surface area contributed by atoms with E-state index in [1.165, 1.54) is 0 Å². The lowest BCUT2D eigenvalue weighted by Gasteiger charge is -2.05. The van der Waals surface area contributed by atoms with Gasteiger partial charge in [0.15, 0.2) is 0 Å². The topological polar surface area (TPSA) is 41.7 Å². The minimum atomic E-state index is -0.769. The van der Waals surface area contributed by atoms with Crippen molar-refractivity contribution < 1.29 is 9.90 Å². The first-order valence-electron chi connectivity index (χ1n) is 6.62. The quantitative estimate of drug-likeness (QED) is 0.782. The van der Waals surface area contributed by atoms with Crippen LogP contribution >= 0.6 is 0 Å². The van der Waals surface area contributed by atoms with Crippen molar-refractivity contribution >= 4 is 11.5 Å². The summed E-state index contributed by atoms with van der Waals surface area (Å²) in [6.07, 6.45) is 2.65. The number of rotatable bonds is 4. The number of fused-ring (bicyclic) bond motifs is 1. The fraction of sp³-hybridized carbons (Fsp3) is 0.118. The van der Waals surface area contributed by atoms with Crippen LogP contribution < -0.4 is 0 Å². The van der Waals surface area contributed by atoms with Gasteiger partial charge in [-0.15, -0.1) is 0 Å². The van der Waals surface area contributed by atoms with Crippen LogP contribution in [-0.2, 0) is 11.2 Å². The number of nitrogens with zero attached hydrogens (tertiary/aromatic N) is 1. The summed E-state index contributed by atoms with van der Waals surface area (Å²) in [7, 11) is 0. The van der Waals surface area contributed by atoms with Crippen LogP contribution in [0.3, 0.4) is 0 Å². The molecule has 3 aromatic rings. The van der Waals surface area contributed by atoms with E-state index in [0.717, 1.165) is 22.3 Å². The minimum Gasteiger partial charge on any atom is -0.481 e. The summed E-state index contributed by atoms with van der Waals surface area (Å²) in [6.45, 7) is 0. The molecule has 0 saturated carbocycles. The minimum absolute atomic E-state index is 0.140. The molecule has 2 aromatic heterocycles. The molecule has 0 atom stereocenters. The fourth-order valence-corrected chi connectivity index (χ4v) is 2.53. The van der Waals surface area contributed by atoms with Gasteiger partial charge in [0.2, 0.25) is 0 Å². The van der Waals surface area contributed by atoms with E-state index >= 15 is 0 Å². The van der Waals surface area contributed by atoms with Gasteiger partial charge in [-0.05, 0) is 30.2 Å². The molecule has 0 aliphatic rings. The molecule has 0 bridgehead atoms. The van der Waals surface area contributed by atoms with E-state index in [1.54, 1.807) is 0 Å². The number of hydrogen-bond acceptors (Lipinski definition) is 1. The lowest BCUT2D eigenvalue weighted by atomic mass is 10.0. The molecule has 0 aliphatic heterocycles. The van der Waals surface area contributed by atoms with Gasteiger partial charge in [-0.2, -0.15) is 0 Å². The molecular formula is C17H15NO2. The average Bonchev–Trinajstić information content (AvgIpc) is 2.84. The van der Waals surface area contributed by atoms with Crippen molar-refractivity contribution in [1.82, 2.24) is 4.40 Å². The zero-order valence-corrected chi connectivity index (χ0v) is 11.0. The van der Waals surface area contributed by atoms with Crippen molar-refractivity contribution in [3.63, 3.8) is 0 Å². The predicted octanol–water partition coefficient (Wildman–Crippen LogP) is 3.62. The van der Waals surface area contributed by atoms with Gasteiger partial charge in [-0.3, -0.25) is 4.79 Å². The zero-order chi connectivity index (χ0) is 13.9. The van der Waals surface area contributed by atoms with Crippen molar-refractivity contribution in [2.45, 2.75) is 12.8 Å². The van der Waals surface area contributed by atoms with Gasteiger partial charge in [0, 0.05) is 23.0 Å². The monoisotopic (exact) mass is 265 g/mol. The maximum atomic E-state index is 10.9. The molecule has 3 heteroatoms. The first kappa shape index (κ1) is 12.5. The van der Waals surface area contributed by atoms with Crippen molar-refractivity contribution in [2.24, 2.45) is 0 Å². The summed E-state index contributed by atoms with van der Waals surface area (Å²) < 4.78 is 2.07. The molecule has 1 aromatic carbocycles. The summed E-state index contributed by atoms with van der Waals surface area (Å²) in [5.74, 6) is -0.769. The molecule has 1 N–H and O–H groups in total. The standard InChI is InChI=1S/C17H15NO2/c19-17(20)10-9-16-15(13-6-2-1-3-7-13)12-14-8-4-5-11-18(14)16/h1-8,11-12H,9-10H2,(H,19,20). The average molecular weight is 265 g/mol. The van der Waals surface area contributed by atoms with Crippen LogP contribution in [0.5, 0.6) is 0 Å². The molecule has 2 heterocycles. The Hall–Kier alpha value is -2.55. The largest absolute Gasteiger partial charge is 0.481 e. The Balaban J connectivity index is 2.15. The predicted molar refractivity (Wildman–Crippen MR) is 78.8 cm³/mol. The number of aliphatic carboxylic acids is 1. The fourth-order valence-electron chi connectivity index (χ4n) is 2.53. The Morgan fingerprint density at radius 1 is 1.05 bits per heavy atom. The molecule has 0 aliphatic carbocycles. The van der Waals surface area contributed by atoms with Crippen LogP contribution in [0, 0.1) is 0 Å². The molecule has 20 heavy (non-hydrogen) atoms. The van der Waals surface area contributed by atoms with Crippen molar-refractivity contribution in [3.05, 3.63) is 66.5 Å². The van der Waals surface area contributed by atoms with Crippen LogP contribution in [0.1, 0.15) is 12.1 Å². The van der Waals surface area contributed by atoms with Crippen molar-refractivity contribution in [3.8, 4) is 11.1 Å². The second-order valence-electron chi connectivity index (χ2n) is 4.76. The summed E-state index contributed by atoms with van der Waals surface area (Å²) in [5.41, 5.74) is 4.37. The molecule has 0 fully saturated rings. The van der Waals surface area contributed by atoms with Crippen LogP contribution in [0.2, 0.25) is 0 Å². The van der Waals surface area contributed by atoms with Crippen LogP contribution in [-0.4, -0.2) is 15.5 Å². The first-order valence-corrected chi connectivity index (χ1v) is 6.62. The number of benzene rings is 1. The zero-order valence-electron chi connectivity index (χ0n) is 11.0. The van der Waals surface area contributed by atoms with E-state index in [2.05, 4.69) is 22.6 Å². The van der Waals surface area contributed by atoms with Crippen LogP contribution in [0.15, 0.2) is 60.8 Å². The highest BCUT2D eigenvalue weighted by molar-refractivity contribution is 5.75. The maximum Gasteiger partial charge on any atom is 0.303 e. The van der Waals surface area contributed by atoms with E-state index in [1.807, 2.05) is 42.6 Å². The molecule has 0 saturated heterocycles. The van der Waals surface area contributed by atoms with Gasteiger partial charge >= 0.3 is 5.97 Å². The lowest BCUT2D eigenvalue weighted by Crippen LogP contribution is -2.01. The Bertz CT molecular complexity index is 744. The van der Waals surface area contributed by atoms with Gasteiger partial charge < -0.3 is 9.51 Å². The van der Waals surface area contributed by atoms with Gasteiger partial charge in [-0.1, -0.05) is 36.4 Å². The number of pyridine rings is 1. The summed E-state index contributed by atoms with van der Waals surface area (Å²) in [6, 6.07) is 18.2. The Morgan fingerprint density at radius 3 is 2.55 bits per heavy atom. The third kappa shape index (κ3) is 2.30. The highest BCUT2D eigenvalue weighted by Gasteiger charge is 2.12. The Morgan fingerprint density at radius 2 is 1.80 bits per heavy atom. The van der Waals surface area contributed by atoms with Gasteiger partial charge in [-0.25, -0.2) is 0 Å². The van der Waals surface area contributed by atoms with Crippen LogP contribution in [0.4, 0.5) is 0 Å². The maximum absolute atomic E-state index is 10.9. The third-order valence-corrected chi connectivity index (χ3v) is 3.45. The number of hydrogen-bond donors (Lipinski definition) is 1. The first-order chi connectivity index (χ1) is 9.75. The van der Waals surface area contributed by atoms with E-state index in [9.17, 15) is 4.79 Å². The van der Waals surface area contributed by atoms with Crippen molar-refractivity contribution in [2.75, 3.05) is 0 Å². The second kappa shape index (κ2) is 5.21.